The molecule has 0 spiro atoms. The Morgan fingerprint density at radius 1 is 1.41 bits per heavy atom. The molecule has 2 rings (SSSR count). The molecule has 0 atom stereocenters. The molecule has 1 aliphatic heterocycles. The molecule has 0 radical (unpaired) electrons. The van der Waals surface area contributed by atoms with Crippen LogP contribution in [0.4, 0.5) is 9.57 Å². The number of hydrogen-bond donors (Lipinski definition) is 0. The number of hydrogen-bond acceptors (Lipinski definition) is 3. The lowest BCUT2D eigenvalue weighted by Crippen LogP contribution is -2.19. The van der Waals surface area contributed by atoms with Gasteiger partial charge in [-0.25, -0.2) is 0 Å². The average molecular weight is 257 g/mol. The Hall–Kier alpha value is -1.10. The van der Waals surface area contributed by atoms with Crippen molar-refractivity contribution in [2.75, 3.05) is 23.7 Å². The lowest BCUT2D eigenvalue weighted by atomic mass is 10.1. The van der Waals surface area contributed by atoms with Crippen molar-refractivity contribution in [3.05, 3.63) is 29.3 Å². The lowest BCUT2D eigenvalue weighted by Gasteiger charge is -2.16. The van der Waals surface area contributed by atoms with E-state index in [1.54, 1.807) is 0 Å². The van der Waals surface area contributed by atoms with E-state index in [4.69, 9.17) is 0 Å². The molecule has 1 aromatic carbocycles. The average Bonchev–Trinajstić information content (AvgIpc) is 2.67. The third-order valence-corrected chi connectivity index (χ3v) is 3.84. The van der Waals surface area contributed by atoms with Gasteiger partial charge in [-0.1, -0.05) is 12.1 Å². The molecule has 17 heavy (non-hydrogen) atoms. The minimum absolute atomic E-state index is 0.248. The Kier molecular flexibility index (Phi) is 3.38. The minimum atomic E-state index is -4.36. The summed E-state index contributed by atoms with van der Waals surface area (Å²) in [7, 11) is -4.36. The summed E-state index contributed by atoms with van der Waals surface area (Å²) in [5.41, 5.74) is 3.35. The van der Waals surface area contributed by atoms with Crippen molar-refractivity contribution in [3.8, 4) is 0 Å². The van der Waals surface area contributed by atoms with E-state index in [1.165, 1.54) is 11.3 Å². The molecule has 0 bridgehead atoms. The van der Waals surface area contributed by atoms with Crippen LogP contribution in [-0.4, -0.2) is 27.3 Å². The van der Waals surface area contributed by atoms with Crippen molar-refractivity contribution in [1.29, 1.82) is 0 Å². The fourth-order valence-corrected chi connectivity index (χ4v) is 2.73. The number of nitrogens with zero attached hydrogens (tertiary/aromatic N) is 1. The van der Waals surface area contributed by atoms with Gasteiger partial charge in [-0.3, -0.25) is 0 Å². The summed E-state index contributed by atoms with van der Waals surface area (Å²) in [6, 6.07) is 5.89. The highest BCUT2D eigenvalue weighted by Gasteiger charge is 2.18. The number of anilines is 1. The molecule has 0 N–H and O–H groups in total. The topological polar surface area (TPSA) is 37.4 Å². The van der Waals surface area contributed by atoms with Gasteiger partial charge in [0.05, 0.1) is 5.75 Å². The Labute approximate surface area is 101 Å². The van der Waals surface area contributed by atoms with Gasteiger partial charge in [0, 0.05) is 18.8 Å². The van der Waals surface area contributed by atoms with Crippen molar-refractivity contribution >= 4 is 15.9 Å². The third kappa shape index (κ3) is 2.97. The molecule has 0 saturated carbocycles. The van der Waals surface area contributed by atoms with Crippen LogP contribution in [0.25, 0.3) is 0 Å². The van der Waals surface area contributed by atoms with Gasteiger partial charge in [-0.2, -0.15) is 8.42 Å². The SMILES string of the molecule is CCN1CCc2cc(CCS(=O)(=O)F)ccc21. The number of benzene rings is 1. The Balaban J connectivity index is 2.13. The van der Waals surface area contributed by atoms with Crippen LogP contribution < -0.4 is 4.90 Å². The van der Waals surface area contributed by atoms with E-state index in [2.05, 4.69) is 11.8 Å². The molecular weight excluding hydrogens is 241 g/mol. The summed E-state index contributed by atoms with van der Waals surface area (Å²) >= 11 is 0. The van der Waals surface area contributed by atoms with E-state index >= 15 is 0 Å². The first-order valence-corrected chi connectivity index (χ1v) is 7.34. The largest absolute Gasteiger partial charge is 0.371 e. The van der Waals surface area contributed by atoms with Gasteiger partial charge < -0.3 is 4.90 Å². The number of aryl methyl sites for hydroxylation is 1. The minimum Gasteiger partial charge on any atom is -0.371 e. The number of halogens is 1. The van der Waals surface area contributed by atoms with Crippen molar-refractivity contribution in [3.63, 3.8) is 0 Å². The maximum Gasteiger partial charge on any atom is 0.302 e. The summed E-state index contributed by atoms with van der Waals surface area (Å²) in [5.74, 6) is -0.427. The van der Waals surface area contributed by atoms with Gasteiger partial charge in [0.25, 0.3) is 0 Å². The Morgan fingerprint density at radius 3 is 2.82 bits per heavy atom. The second-order valence-corrected chi connectivity index (χ2v) is 5.77. The maximum atomic E-state index is 12.4. The normalized spacial score (nSPS) is 15.1. The van der Waals surface area contributed by atoms with E-state index in [0.29, 0.717) is 0 Å². The highest BCUT2D eigenvalue weighted by Crippen LogP contribution is 2.28. The fourth-order valence-electron chi connectivity index (χ4n) is 2.25. The first-order valence-electron chi connectivity index (χ1n) is 5.78. The van der Waals surface area contributed by atoms with Gasteiger partial charge in [0.1, 0.15) is 0 Å². The van der Waals surface area contributed by atoms with Gasteiger partial charge in [-0.05, 0) is 37.0 Å². The summed E-state index contributed by atoms with van der Waals surface area (Å²) in [6.45, 7) is 4.10. The second-order valence-electron chi connectivity index (χ2n) is 4.29. The number of likely N-dealkylation sites (N-methyl/N-ethyl adjacent to an activating group) is 1. The monoisotopic (exact) mass is 257 g/mol. The predicted molar refractivity (Wildman–Crippen MR) is 66.6 cm³/mol. The molecule has 0 aliphatic carbocycles. The standard InChI is InChI=1S/C12H16FNO2S/c1-2-14-7-5-11-9-10(3-4-12(11)14)6-8-17(13,15)16/h3-4,9H,2,5-8H2,1H3. The molecule has 1 aromatic rings. The second kappa shape index (κ2) is 4.64. The van der Waals surface area contributed by atoms with Gasteiger partial charge in [0.15, 0.2) is 0 Å². The van der Waals surface area contributed by atoms with Crippen molar-refractivity contribution in [2.24, 2.45) is 0 Å². The van der Waals surface area contributed by atoms with Crippen molar-refractivity contribution in [2.45, 2.75) is 19.8 Å². The van der Waals surface area contributed by atoms with Gasteiger partial charge >= 0.3 is 10.2 Å². The van der Waals surface area contributed by atoms with E-state index in [1.807, 2.05) is 18.2 Å². The van der Waals surface area contributed by atoms with E-state index in [9.17, 15) is 12.3 Å². The summed E-state index contributed by atoms with van der Waals surface area (Å²) in [4.78, 5) is 2.28. The highest BCUT2D eigenvalue weighted by atomic mass is 32.3. The van der Waals surface area contributed by atoms with Gasteiger partial charge in [-0.15, -0.1) is 3.89 Å². The fraction of sp³-hybridized carbons (Fsp3) is 0.500. The number of fused-ring (bicyclic) bond motifs is 1. The molecule has 0 aromatic heterocycles. The van der Waals surface area contributed by atoms with Crippen LogP contribution in [-0.2, 0) is 23.1 Å². The van der Waals surface area contributed by atoms with Crippen LogP contribution in [0.2, 0.25) is 0 Å². The van der Waals surface area contributed by atoms with E-state index in [0.717, 1.165) is 25.1 Å². The van der Waals surface area contributed by atoms with Crippen LogP contribution >= 0.6 is 0 Å². The van der Waals surface area contributed by atoms with E-state index < -0.39 is 16.0 Å². The maximum absolute atomic E-state index is 12.4. The molecule has 1 heterocycles. The molecule has 5 heteroatoms. The van der Waals surface area contributed by atoms with Crippen LogP contribution in [0.1, 0.15) is 18.1 Å². The van der Waals surface area contributed by atoms with Crippen molar-refractivity contribution < 1.29 is 12.3 Å². The summed E-state index contributed by atoms with van der Waals surface area (Å²) in [5, 5.41) is 0. The van der Waals surface area contributed by atoms with Crippen LogP contribution in [0.15, 0.2) is 18.2 Å². The lowest BCUT2D eigenvalue weighted by molar-refractivity contribution is 0.551. The summed E-state index contributed by atoms with van der Waals surface area (Å²) in [6.07, 6.45) is 1.23. The van der Waals surface area contributed by atoms with Gasteiger partial charge in [0.2, 0.25) is 0 Å². The smallest absolute Gasteiger partial charge is 0.302 e. The predicted octanol–water partition coefficient (Wildman–Crippen LogP) is 1.91. The van der Waals surface area contributed by atoms with Crippen LogP contribution in [0, 0.1) is 0 Å². The molecule has 1 aliphatic rings. The zero-order valence-corrected chi connectivity index (χ0v) is 10.6. The molecule has 0 saturated heterocycles. The molecule has 0 unspecified atom stereocenters. The van der Waals surface area contributed by atoms with Crippen molar-refractivity contribution in [1.82, 2.24) is 0 Å². The number of rotatable bonds is 4. The molecule has 94 valence electrons. The zero-order valence-electron chi connectivity index (χ0n) is 9.82. The Bertz CT molecular complexity index is 513. The zero-order chi connectivity index (χ0) is 12.5. The molecule has 0 fully saturated rings. The van der Waals surface area contributed by atoms with E-state index in [-0.39, 0.29) is 6.42 Å². The first kappa shape index (κ1) is 12.4. The van der Waals surface area contributed by atoms with Crippen LogP contribution in [0.5, 0.6) is 0 Å². The molecule has 0 amide bonds. The Morgan fingerprint density at radius 2 is 2.18 bits per heavy atom. The molecule has 3 nitrogen and oxygen atoms in total. The summed E-state index contributed by atoms with van der Waals surface area (Å²) < 4.78 is 33.4. The molecular formula is C12H16FNO2S. The first-order chi connectivity index (χ1) is 7.99. The highest BCUT2D eigenvalue weighted by molar-refractivity contribution is 7.86. The third-order valence-electron chi connectivity index (χ3n) is 3.15. The van der Waals surface area contributed by atoms with Crippen LogP contribution in [0.3, 0.4) is 0 Å². The quantitative estimate of drug-likeness (QED) is 0.773.